The van der Waals surface area contributed by atoms with Crippen molar-refractivity contribution in [3.05, 3.63) is 23.5 Å². The van der Waals surface area contributed by atoms with Crippen molar-refractivity contribution in [2.24, 2.45) is 0 Å². The van der Waals surface area contributed by atoms with Crippen LogP contribution in [-0.4, -0.2) is 17.6 Å². The molecule has 1 aromatic heterocycles. The van der Waals surface area contributed by atoms with E-state index < -0.39 is 0 Å². The summed E-state index contributed by atoms with van der Waals surface area (Å²) in [6, 6.07) is 1.95. The summed E-state index contributed by atoms with van der Waals surface area (Å²) in [5.41, 5.74) is 1.85. The Morgan fingerprint density at radius 3 is 2.88 bits per heavy atom. The topological polar surface area (TPSA) is 42.1 Å². The predicted molar refractivity (Wildman–Crippen MR) is 62.6 cm³/mol. The summed E-state index contributed by atoms with van der Waals surface area (Å²) in [6.07, 6.45) is 8.43. The molecule has 0 aromatic carbocycles. The molecule has 1 heterocycles. The molecule has 1 saturated carbocycles. The fourth-order valence-electron chi connectivity index (χ4n) is 2.41. The molecule has 2 rings (SSSR count). The molecule has 0 saturated heterocycles. The van der Waals surface area contributed by atoms with Crippen LogP contribution in [0.2, 0.25) is 0 Å². The summed E-state index contributed by atoms with van der Waals surface area (Å²) in [7, 11) is 0. The molecule has 0 radical (unpaired) electrons. The standard InChI is InChI=1S/C13H19NO2/c1-2-16-13(15)12-8-11(9-14-12)10-6-4-3-5-7-10/h8-10,14H,2-7H2,1H3. The van der Waals surface area contributed by atoms with Crippen LogP contribution in [-0.2, 0) is 4.74 Å². The molecule has 16 heavy (non-hydrogen) atoms. The summed E-state index contributed by atoms with van der Waals surface area (Å²) in [5.74, 6) is 0.387. The van der Waals surface area contributed by atoms with Gasteiger partial charge in [0, 0.05) is 6.20 Å². The lowest BCUT2D eigenvalue weighted by Crippen LogP contribution is -2.05. The Hall–Kier alpha value is -1.25. The molecule has 0 bridgehead atoms. The zero-order valence-corrected chi connectivity index (χ0v) is 9.79. The van der Waals surface area contributed by atoms with Crippen LogP contribution in [0.1, 0.15) is 61.0 Å². The van der Waals surface area contributed by atoms with Crippen LogP contribution in [0.3, 0.4) is 0 Å². The summed E-state index contributed by atoms with van der Waals surface area (Å²) < 4.78 is 4.96. The Morgan fingerprint density at radius 2 is 2.19 bits per heavy atom. The third kappa shape index (κ3) is 2.46. The van der Waals surface area contributed by atoms with Gasteiger partial charge in [-0.15, -0.1) is 0 Å². The number of hydrogen-bond acceptors (Lipinski definition) is 2. The molecule has 0 unspecified atom stereocenters. The van der Waals surface area contributed by atoms with Crippen molar-refractivity contribution < 1.29 is 9.53 Å². The molecule has 0 spiro atoms. The van der Waals surface area contributed by atoms with Crippen LogP contribution in [0, 0.1) is 0 Å². The van der Waals surface area contributed by atoms with Gasteiger partial charge < -0.3 is 9.72 Å². The van der Waals surface area contributed by atoms with Crippen LogP contribution in [0.4, 0.5) is 0 Å². The van der Waals surface area contributed by atoms with Gasteiger partial charge >= 0.3 is 5.97 Å². The van der Waals surface area contributed by atoms with E-state index >= 15 is 0 Å². The fourth-order valence-corrected chi connectivity index (χ4v) is 2.41. The van der Waals surface area contributed by atoms with Crippen LogP contribution in [0.25, 0.3) is 0 Å². The highest BCUT2D eigenvalue weighted by molar-refractivity contribution is 5.87. The number of aromatic nitrogens is 1. The number of carbonyl (C=O) groups excluding carboxylic acids is 1. The number of ether oxygens (including phenoxy) is 1. The molecule has 88 valence electrons. The number of hydrogen-bond donors (Lipinski definition) is 1. The molecule has 0 amide bonds. The smallest absolute Gasteiger partial charge is 0.354 e. The van der Waals surface area contributed by atoms with E-state index in [2.05, 4.69) is 4.98 Å². The maximum atomic E-state index is 11.5. The maximum absolute atomic E-state index is 11.5. The van der Waals surface area contributed by atoms with Gasteiger partial charge in [0.15, 0.2) is 0 Å². The number of esters is 1. The first-order valence-electron chi connectivity index (χ1n) is 6.16. The van der Waals surface area contributed by atoms with Gasteiger partial charge in [-0.2, -0.15) is 0 Å². The molecule has 1 fully saturated rings. The largest absolute Gasteiger partial charge is 0.461 e. The van der Waals surface area contributed by atoms with Crippen molar-refractivity contribution in [2.75, 3.05) is 6.61 Å². The van der Waals surface area contributed by atoms with Gasteiger partial charge in [0.25, 0.3) is 0 Å². The molecule has 1 aliphatic rings. The van der Waals surface area contributed by atoms with E-state index in [1.165, 1.54) is 37.7 Å². The van der Waals surface area contributed by atoms with Gasteiger partial charge in [-0.3, -0.25) is 0 Å². The minimum Gasteiger partial charge on any atom is -0.461 e. The van der Waals surface area contributed by atoms with Gasteiger partial charge in [-0.25, -0.2) is 4.79 Å². The van der Waals surface area contributed by atoms with Crippen molar-refractivity contribution >= 4 is 5.97 Å². The average Bonchev–Trinajstić information content (AvgIpc) is 2.80. The SMILES string of the molecule is CCOC(=O)c1cc(C2CCCCC2)c[nH]1. The van der Waals surface area contributed by atoms with E-state index in [4.69, 9.17) is 4.74 Å². The minimum absolute atomic E-state index is 0.246. The third-order valence-electron chi connectivity index (χ3n) is 3.28. The monoisotopic (exact) mass is 221 g/mol. The van der Waals surface area contributed by atoms with Gasteiger partial charge in [0.1, 0.15) is 5.69 Å². The van der Waals surface area contributed by atoms with Gasteiger partial charge in [-0.1, -0.05) is 19.3 Å². The Labute approximate surface area is 96.2 Å². The van der Waals surface area contributed by atoms with Crippen LogP contribution < -0.4 is 0 Å². The van der Waals surface area contributed by atoms with E-state index in [0.29, 0.717) is 18.2 Å². The Bertz CT molecular complexity index is 351. The molecule has 0 atom stereocenters. The zero-order valence-electron chi connectivity index (χ0n) is 9.79. The second-order valence-electron chi connectivity index (χ2n) is 4.40. The zero-order chi connectivity index (χ0) is 11.4. The maximum Gasteiger partial charge on any atom is 0.354 e. The first kappa shape index (κ1) is 11.2. The molecule has 1 N–H and O–H groups in total. The number of aromatic amines is 1. The second kappa shape index (κ2) is 5.19. The first-order valence-corrected chi connectivity index (χ1v) is 6.16. The van der Waals surface area contributed by atoms with E-state index in [1.54, 1.807) is 0 Å². The number of H-pyrrole nitrogens is 1. The number of rotatable bonds is 3. The van der Waals surface area contributed by atoms with Crippen molar-refractivity contribution in [3.8, 4) is 0 Å². The van der Waals surface area contributed by atoms with Crippen molar-refractivity contribution in [3.63, 3.8) is 0 Å². The molecule has 3 heteroatoms. The van der Waals surface area contributed by atoms with Crippen molar-refractivity contribution in [1.29, 1.82) is 0 Å². The van der Waals surface area contributed by atoms with E-state index in [1.807, 2.05) is 19.2 Å². The first-order chi connectivity index (χ1) is 7.81. The summed E-state index contributed by atoms with van der Waals surface area (Å²) >= 11 is 0. The average molecular weight is 221 g/mol. The highest BCUT2D eigenvalue weighted by Crippen LogP contribution is 2.32. The lowest BCUT2D eigenvalue weighted by molar-refractivity contribution is 0.0520. The third-order valence-corrected chi connectivity index (χ3v) is 3.28. The quantitative estimate of drug-likeness (QED) is 0.796. The Balaban J connectivity index is 2.03. The minimum atomic E-state index is -0.246. The van der Waals surface area contributed by atoms with Crippen molar-refractivity contribution in [2.45, 2.75) is 44.9 Å². The van der Waals surface area contributed by atoms with Gasteiger partial charge in [0.2, 0.25) is 0 Å². The van der Waals surface area contributed by atoms with Gasteiger partial charge in [0.05, 0.1) is 6.61 Å². The molecular weight excluding hydrogens is 202 g/mol. The summed E-state index contributed by atoms with van der Waals surface area (Å²) in [6.45, 7) is 2.25. The lowest BCUT2D eigenvalue weighted by atomic mass is 9.85. The van der Waals surface area contributed by atoms with E-state index in [9.17, 15) is 4.79 Å². The lowest BCUT2D eigenvalue weighted by Gasteiger charge is -2.20. The molecule has 1 aromatic rings. The Morgan fingerprint density at radius 1 is 1.44 bits per heavy atom. The highest BCUT2D eigenvalue weighted by atomic mass is 16.5. The number of carbonyl (C=O) groups is 1. The summed E-state index contributed by atoms with van der Waals surface area (Å²) in [4.78, 5) is 14.5. The molecule has 1 aliphatic carbocycles. The summed E-state index contributed by atoms with van der Waals surface area (Å²) in [5, 5.41) is 0. The highest BCUT2D eigenvalue weighted by Gasteiger charge is 2.18. The van der Waals surface area contributed by atoms with Crippen LogP contribution in [0.15, 0.2) is 12.3 Å². The second-order valence-corrected chi connectivity index (χ2v) is 4.40. The van der Waals surface area contributed by atoms with E-state index in [0.717, 1.165) is 0 Å². The van der Waals surface area contributed by atoms with Crippen LogP contribution >= 0.6 is 0 Å². The Kier molecular flexibility index (Phi) is 3.65. The predicted octanol–water partition coefficient (Wildman–Crippen LogP) is 3.24. The van der Waals surface area contributed by atoms with E-state index in [-0.39, 0.29) is 5.97 Å². The number of nitrogens with one attached hydrogen (secondary N) is 1. The molecule has 0 aliphatic heterocycles. The normalized spacial score (nSPS) is 17.3. The molecule has 3 nitrogen and oxygen atoms in total. The molecular formula is C13H19NO2. The van der Waals surface area contributed by atoms with Crippen LogP contribution in [0.5, 0.6) is 0 Å². The fraction of sp³-hybridized carbons (Fsp3) is 0.615. The van der Waals surface area contributed by atoms with Gasteiger partial charge in [-0.05, 0) is 37.3 Å². The van der Waals surface area contributed by atoms with Crippen molar-refractivity contribution in [1.82, 2.24) is 4.98 Å².